The van der Waals surface area contributed by atoms with E-state index >= 15 is 0 Å². The number of ketones is 1. The summed E-state index contributed by atoms with van der Waals surface area (Å²) in [5.74, 6) is 0.0101. The summed E-state index contributed by atoms with van der Waals surface area (Å²) in [4.78, 5) is 11.5. The van der Waals surface area contributed by atoms with Crippen molar-refractivity contribution in [2.75, 3.05) is 6.67 Å². The van der Waals surface area contributed by atoms with Crippen molar-refractivity contribution < 1.29 is 14.3 Å². The van der Waals surface area contributed by atoms with Crippen molar-refractivity contribution in [1.29, 1.82) is 0 Å². The van der Waals surface area contributed by atoms with Crippen LogP contribution in [0.2, 0.25) is 0 Å². The van der Waals surface area contributed by atoms with Crippen molar-refractivity contribution in [3.05, 3.63) is 0 Å². The molecule has 0 bridgehead atoms. The molecule has 0 radical (unpaired) electrons. The summed E-state index contributed by atoms with van der Waals surface area (Å²) < 4.78 is 11.8. The molecule has 0 aliphatic heterocycles. The van der Waals surface area contributed by atoms with Gasteiger partial charge in [0.1, 0.15) is 5.78 Å². The van der Waals surface area contributed by atoms with Crippen LogP contribution in [0.3, 0.4) is 0 Å². The fourth-order valence-corrected chi connectivity index (χ4v) is 0.915. The Morgan fingerprint density at radius 1 is 1.54 bits per heavy atom. The van der Waals surface area contributed by atoms with E-state index in [1.165, 1.54) is 0 Å². The molecule has 0 fully saturated rings. The van der Waals surface area contributed by atoms with Gasteiger partial charge in [-0.3, -0.25) is 9.18 Å². The first-order valence-electron chi connectivity index (χ1n) is 4.71. The zero-order valence-electron chi connectivity index (χ0n) is 8.64. The number of hydrogen-bond acceptors (Lipinski definition) is 2. The summed E-state index contributed by atoms with van der Waals surface area (Å²) in [7, 11) is 0. The largest absolute Gasteiger partial charge is 0.393 e. The van der Waals surface area contributed by atoms with Crippen molar-refractivity contribution in [2.45, 2.75) is 46.1 Å². The lowest BCUT2D eigenvalue weighted by Gasteiger charge is -2.22. The van der Waals surface area contributed by atoms with Gasteiger partial charge in [0.2, 0.25) is 0 Å². The van der Waals surface area contributed by atoms with E-state index in [1.807, 2.05) is 20.8 Å². The highest BCUT2D eigenvalue weighted by Gasteiger charge is 2.26. The molecule has 0 saturated carbocycles. The van der Waals surface area contributed by atoms with Gasteiger partial charge >= 0.3 is 0 Å². The number of hydrogen-bond donors (Lipinski definition) is 1. The monoisotopic (exact) mass is 190 g/mol. The normalized spacial score (nSPS) is 14.2. The van der Waals surface area contributed by atoms with Crippen LogP contribution in [-0.4, -0.2) is 23.7 Å². The van der Waals surface area contributed by atoms with Crippen LogP contribution < -0.4 is 0 Å². The Labute approximate surface area is 79.1 Å². The van der Waals surface area contributed by atoms with Crippen molar-refractivity contribution in [1.82, 2.24) is 0 Å². The third kappa shape index (κ3) is 4.36. The quantitative estimate of drug-likeness (QED) is 0.696. The molecule has 2 nitrogen and oxygen atoms in total. The molecule has 0 aliphatic carbocycles. The molecule has 13 heavy (non-hydrogen) atoms. The fourth-order valence-electron chi connectivity index (χ4n) is 0.915. The number of halogens is 1. The Balaban J connectivity index is 3.99. The second kappa shape index (κ2) is 5.32. The van der Waals surface area contributed by atoms with Crippen LogP contribution in [0, 0.1) is 5.41 Å². The van der Waals surface area contributed by atoms with Gasteiger partial charge in [0.05, 0.1) is 12.8 Å². The number of alkyl halides is 1. The molecule has 1 unspecified atom stereocenters. The van der Waals surface area contributed by atoms with Gasteiger partial charge in [0.25, 0.3) is 0 Å². The lowest BCUT2D eigenvalue weighted by atomic mass is 9.82. The second-order valence-corrected chi connectivity index (χ2v) is 4.00. The number of rotatable bonds is 6. The molecule has 0 heterocycles. The Bertz CT molecular complexity index is 166. The smallest absolute Gasteiger partial charge is 0.141 e. The summed E-state index contributed by atoms with van der Waals surface area (Å²) in [6, 6.07) is 0. The highest BCUT2D eigenvalue weighted by molar-refractivity contribution is 5.84. The van der Waals surface area contributed by atoms with Crippen LogP contribution in [0.5, 0.6) is 0 Å². The van der Waals surface area contributed by atoms with Gasteiger partial charge in [-0.05, 0) is 6.42 Å². The van der Waals surface area contributed by atoms with Gasteiger partial charge in [-0.25, -0.2) is 0 Å². The molecule has 0 saturated heterocycles. The summed E-state index contributed by atoms with van der Waals surface area (Å²) in [5, 5.41) is 9.22. The van der Waals surface area contributed by atoms with E-state index in [-0.39, 0.29) is 18.6 Å². The topological polar surface area (TPSA) is 37.3 Å². The van der Waals surface area contributed by atoms with Gasteiger partial charge in [-0.2, -0.15) is 0 Å². The predicted octanol–water partition coefficient (Wildman–Crippen LogP) is 2.10. The van der Waals surface area contributed by atoms with Crippen LogP contribution in [-0.2, 0) is 4.79 Å². The van der Waals surface area contributed by atoms with Crippen molar-refractivity contribution in [2.24, 2.45) is 5.41 Å². The number of aliphatic hydroxyl groups excluding tert-OH is 1. The Hall–Kier alpha value is -0.440. The number of aliphatic hydroxyl groups is 1. The molecular formula is C10H19FO2. The molecule has 1 atom stereocenters. The molecule has 0 spiro atoms. The Kier molecular flexibility index (Phi) is 5.14. The van der Waals surface area contributed by atoms with Gasteiger partial charge in [-0.15, -0.1) is 0 Å². The molecule has 0 aromatic heterocycles. The third-order valence-corrected chi connectivity index (χ3v) is 2.50. The lowest BCUT2D eigenvalue weighted by molar-refractivity contribution is -0.129. The van der Waals surface area contributed by atoms with E-state index in [4.69, 9.17) is 0 Å². The molecule has 0 aromatic carbocycles. The van der Waals surface area contributed by atoms with E-state index in [9.17, 15) is 14.3 Å². The molecular weight excluding hydrogens is 171 g/mol. The van der Waals surface area contributed by atoms with Gasteiger partial charge in [-0.1, -0.05) is 20.8 Å². The van der Waals surface area contributed by atoms with E-state index in [0.717, 1.165) is 6.42 Å². The third-order valence-electron chi connectivity index (χ3n) is 2.50. The minimum absolute atomic E-state index is 0.0101. The van der Waals surface area contributed by atoms with Crippen LogP contribution in [0.4, 0.5) is 4.39 Å². The first-order chi connectivity index (χ1) is 5.94. The van der Waals surface area contributed by atoms with Crippen LogP contribution in [0.25, 0.3) is 0 Å². The second-order valence-electron chi connectivity index (χ2n) is 4.00. The minimum Gasteiger partial charge on any atom is -0.393 e. The highest BCUT2D eigenvalue weighted by atomic mass is 19.1. The summed E-state index contributed by atoms with van der Waals surface area (Å²) in [6.07, 6.45) is 0.0631. The summed E-state index contributed by atoms with van der Waals surface area (Å²) in [6.45, 7) is 5.05. The predicted molar refractivity (Wildman–Crippen MR) is 50.3 cm³/mol. The SMILES string of the molecule is CCC(C)(C)C(=O)CC(O)CCF. The van der Waals surface area contributed by atoms with E-state index < -0.39 is 18.2 Å². The minimum atomic E-state index is -0.816. The molecule has 78 valence electrons. The van der Waals surface area contributed by atoms with E-state index in [2.05, 4.69) is 0 Å². The average Bonchev–Trinajstić information content (AvgIpc) is 2.04. The number of carbonyl (C=O) groups excluding carboxylic acids is 1. The van der Waals surface area contributed by atoms with E-state index in [0.29, 0.717) is 0 Å². The van der Waals surface area contributed by atoms with Crippen LogP contribution >= 0.6 is 0 Å². The van der Waals surface area contributed by atoms with Crippen molar-refractivity contribution in [3.8, 4) is 0 Å². The first kappa shape index (κ1) is 12.6. The maximum absolute atomic E-state index is 11.8. The zero-order chi connectivity index (χ0) is 10.5. The van der Waals surface area contributed by atoms with Crippen molar-refractivity contribution in [3.63, 3.8) is 0 Å². The highest BCUT2D eigenvalue weighted by Crippen LogP contribution is 2.23. The molecule has 1 N–H and O–H groups in total. The molecule has 0 amide bonds. The maximum atomic E-state index is 11.8. The maximum Gasteiger partial charge on any atom is 0.141 e. The number of Topliss-reactive ketones (excluding diaryl/α,β-unsaturated/α-hetero) is 1. The summed E-state index contributed by atoms with van der Waals surface area (Å²) in [5.41, 5.74) is -0.392. The first-order valence-corrected chi connectivity index (χ1v) is 4.71. The van der Waals surface area contributed by atoms with Gasteiger partial charge in [0.15, 0.2) is 0 Å². The van der Waals surface area contributed by atoms with Gasteiger partial charge in [0, 0.05) is 18.3 Å². The van der Waals surface area contributed by atoms with Crippen LogP contribution in [0.15, 0.2) is 0 Å². The average molecular weight is 190 g/mol. The van der Waals surface area contributed by atoms with Gasteiger partial charge < -0.3 is 5.11 Å². The van der Waals surface area contributed by atoms with Crippen LogP contribution in [0.1, 0.15) is 40.0 Å². The Morgan fingerprint density at radius 2 is 2.08 bits per heavy atom. The van der Waals surface area contributed by atoms with Crippen molar-refractivity contribution >= 4 is 5.78 Å². The molecule has 0 aromatic rings. The van der Waals surface area contributed by atoms with E-state index in [1.54, 1.807) is 0 Å². The summed E-state index contributed by atoms with van der Waals surface area (Å²) >= 11 is 0. The molecule has 3 heteroatoms. The molecule has 0 rings (SSSR count). The lowest BCUT2D eigenvalue weighted by Crippen LogP contribution is -2.27. The fraction of sp³-hybridized carbons (Fsp3) is 0.900. The standard InChI is InChI=1S/C10H19FO2/c1-4-10(2,3)9(13)7-8(12)5-6-11/h8,12H,4-7H2,1-3H3. The molecule has 0 aliphatic rings. The Morgan fingerprint density at radius 3 is 2.46 bits per heavy atom. The number of carbonyl (C=O) groups is 1. The zero-order valence-corrected chi connectivity index (χ0v) is 8.64.